The summed E-state index contributed by atoms with van der Waals surface area (Å²) in [6.07, 6.45) is 0. The molecule has 29 heavy (non-hydrogen) atoms. The molecule has 0 saturated carbocycles. The van der Waals surface area contributed by atoms with E-state index in [4.69, 9.17) is 21.3 Å². The fraction of sp³-hybridized carbons (Fsp3) is 0.364. The lowest BCUT2D eigenvalue weighted by Gasteiger charge is -2.28. The van der Waals surface area contributed by atoms with Gasteiger partial charge >= 0.3 is 0 Å². The normalized spacial score (nSPS) is 15.0. The van der Waals surface area contributed by atoms with E-state index in [0.29, 0.717) is 46.3 Å². The first-order valence-electron chi connectivity index (χ1n) is 9.95. The molecule has 2 heterocycles. The predicted molar refractivity (Wildman–Crippen MR) is 116 cm³/mol. The van der Waals surface area contributed by atoms with Crippen LogP contribution in [0.5, 0.6) is 5.75 Å². The van der Waals surface area contributed by atoms with Crippen LogP contribution in [-0.2, 0) is 6.54 Å². The van der Waals surface area contributed by atoms with E-state index in [1.54, 1.807) is 16.7 Å². The zero-order chi connectivity index (χ0) is 20.4. The number of ether oxygens (including phenoxy) is 1. The fourth-order valence-corrected chi connectivity index (χ4v) is 3.88. The van der Waals surface area contributed by atoms with Crippen LogP contribution < -0.4 is 15.6 Å². The Labute approximate surface area is 175 Å². The lowest BCUT2D eigenvalue weighted by atomic mass is 10.1. The Bertz CT molecular complexity index is 1090. The number of piperazine rings is 1. The Kier molecular flexibility index (Phi) is 5.85. The Morgan fingerprint density at radius 2 is 1.97 bits per heavy atom. The van der Waals surface area contributed by atoms with Gasteiger partial charge in [-0.2, -0.15) is 0 Å². The van der Waals surface area contributed by atoms with Crippen molar-refractivity contribution in [1.82, 2.24) is 19.8 Å². The van der Waals surface area contributed by atoms with Crippen molar-refractivity contribution < 1.29 is 4.74 Å². The Morgan fingerprint density at radius 3 is 2.72 bits per heavy atom. The molecule has 1 fully saturated rings. The number of hydrogen-bond acceptors (Lipinski definition) is 5. The first-order valence-corrected chi connectivity index (χ1v) is 10.3. The topological polar surface area (TPSA) is 59.4 Å². The van der Waals surface area contributed by atoms with Crippen LogP contribution in [-0.4, -0.2) is 47.2 Å². The molecule has 3 aromatic rings. The molecule has 1 aliphatic heterocycles. The van der Waals surface area contributed by atoms with Crippen molar-refractivity contribution in [2.45, 2.75) is 20.4 Å². The van der Waals surface area contributed by atoms with Crippen LogP contribution in [0.1, 0.15) is 18.3 Å². The highest BCUT2D eigenvalue weighted by Crippen LogP contribution is 2.28. The fourth-order valence-electron chi connectivity index (χ4n) is 3.71. The summed E-state index contributed by atoms with van der Waals surface area (Å²) in [5.74, 6) is 1.29. The van der Waals surface area contributed by atoms with Gasteiger partial charge in [-0.3, -0.25) is 14.3 Å². The average Bonchev–Trinajstić information content (AvgIpc) is 2.71. The Balaban J connectivity index is 1.93. The van der Waals surface area contributed by atoms with Gasteiger partial charge in [0.15, 0.2) is 0 Å². The number of halogens is 1. The zero-order valence-corrected chi connectivity index (χ0v) is 17.5. The molecule has 7 heteroatoms. The summed E-state index contributed by atoms with van der Waals surface area (Å²) in [7, 11) is 0. The van der Waals surface area contributed by atoms with Crippen LogP contribution in [0.2, 0.25) is 5.02 Å². The quantitative estimate of drug-likeness (QED) is 0.697. The molecule has 4 rings (SSSR count). The van der Waals surface area contributed by atoms with Gasteiger partial charge in [-0.25, -0.2) is 4.98 Å². The highest BCUT2D eigenvalue weighted by atomic mass is 35.5. The van der Waals surface area contributed by atoms with Gasteiger partial charge < -0.3 is 10.1 Å². The van der Waals surface area contributed by atoms with E-state index >= 15 is 0 Å². The molecular formula is C22H25ClN4O2. The third-order valence-corrected chi connectivity index (χ3v) is 5.37. The monoisotopic (exact) mass is 412 g/mol. The highest BCUT2D eigenvalue weighted by Gasteiger charge is 2.20. The summed E-state index contributed by atoms with van der Waals surface area (Å²) >= 11 is 6.19. The van der Waals surface area contributed by atoms with E-state index in [9.17, 15) is 4.79 Å². The minimum Gasteiger partial charge on any atom is -0.492 e. The molecule has 0 atom stereocenters. The lowest BCUT2D eigenvalue weighted by molar-refractivity contribution is 0.226. The van der Waals surface area contributed by atoms with Gasteiger partial charge in [-0.15, -0.1) is 0 Å². The highest BCUT2D eigenvalue weighted by molar-refractivity contribution is 6.30. The summed E-state index contributed by atoms with van der Waals surface area (Å²) in [6, 6.07) is 11.2. The standard InChI is InChI=1S/C22H25ClN4O2/c1-3-29-20-13-16(23)5-7-19(20)27-21(14-26-10-8-24-9-11-26)25-18-6-4-15(2)12-17(18)22(27)28/h4-7,12-13,24H,3,8-11,14H2,1-2H3. The van der Waals surface area contributed by atoms with Gasteiger partial charge in [0.1, 0.15) is 11.6 Å². The van der Waals surface area contributed by atoms with Crippen LogP contribution in [0.3, 0.4) is 0 Å². The van der Waals surface area contributed by atoms with Crippen LogP contribution >= 0.6 is 11.6 Å². The third-order valence-electron chi connectivity index (χ3n) is 5.13. The van der Waals surface area contributed by atoms with Crippen molar-refractivity contribution in [1.29, 1.82) is 0 Å². The van der Waals surface area contributed by atoms with Gasteiger partial charge in [0, 0.05) is 37.3 Å². The number of aryl methyl sites for hydroxylation is 1. The van der Waals surface area contributed by atoms with Gasteiger partial charge in [0.05, 0.1) is 29.7 Å². The van der Waals surface area contributed by atoms with Crippen LogP contribution in [0.15, 0.2) is 41.2 Å². The number of nitrogens with zero attached hydrogens (tertiary/aromatic N) is 3. The van der Waals surface area contributed by atoms with E-state index in [-0.39, 0.29) is 5.56 Å². The predicted octanol–water partition coefficient (Wildman–Crippen LogP) is 3.15. The summed E-state index contributed by atoms with van der Waals surface area (Å²) in [5, 5.41) is 4.53. The second-order valence-electron chi connectivity index (χ2n) is 7.26. The molecule has 6 nitrogen and oxygen atoms in total. The number of aromatic nitrogens is 2. The number of hydrogen-bond donors (Lipinski definition) is 1. The van der Waals surface area contributed by atoms with Gasteiger partial charge in [0.2, 0.25) is 0 Å². The van der Waals surface area contributed by atoms with Crippen molar-refractivity contribution in [2.75, 3.05) is 32.8 Å². The molecule has 0 spiro atoms. The lowest BCUT2D eigenvalue weighted by Crippen LogP contribution is -2.44. The Morgan fingerprint density at radius 1 is 1.17 bits per heavy atom. The molecule has 0 unspecified atom stereocenters. The van der Waals surface area contributed by atoms with Crippen molar-refractivity contribution in [3.63, 3.8) is 0 Å². The molecule has 0 radical (unpaired) electrons. The average molecular weight is 413 g/mol. The van der Waals surface area contributed by atoms with E-state index in [1.807, 2.05) is 38.1 Å². The minimum absolute atomic E-state index is 0.0906. The second-order valence-corrected chi connectivity index (χ2v) is 7.70. The molecule has 1 aliphatic rings. The molecule has 1 aromatic heterocycles. The summed E-state index contributed by atoms with van der Waals surface area (Å²) in [6.45, 7) is 8.67. The maximum atomic E-state index is 13.6. The largest absolute Gasteiger partial charge is 0.492 e. The zero-order valence-electron chi connectivity index (χ0n) is 16.7. The first-order chi connectivity index (χ1) is 14.1. The molecule has 152 valence electrons. The number of benzene rings is 2. The van der Waals surface area contributed by atoms with Crippen molar-refractivity contribution >= 4 is 22.5 Å². The molecule has 1 N–H and O–H groups in total. The Hall–Kier alpha value is -2.41. The van der Waals surface area contributed by atoms with Crippen LogP contribution in [0, 0.1) is 6.92 Å². The minimum atomic E-state index is -0.0906. The number of rotatable bonds is 5. The SMILES string of the molecule is CCOc1cc(Cl)ccc1-n1c(CN2CCNCC2)nc2ccc(C)cc2c1=O. The van der Waals surface area contributed by atoms with Gasteiger partial charge in [-0.1, -0.05) is 23.2 Å². The molecule has 0 bridgehead atoms. The van der Waals surface area contributed by atoms with Crippen LogP contribution in [0.25, 0.3) is 16.6 Å². The molecule has 1 saturated heterocycles. The van der Waals surface area contributed by atoms with E-state index in [0.717, 1.165) is 31.7 Å². The summed E-state index contributed by atoms with van der Waals surface area (Å²) in [4.78, 5) is 20.8. The molecule has 0 amide bonds. The maximum absolute atomic E-state index is 13.6. The summed E-state index contributed by atoms with van der Waals surface area (Å²) < 4.78 is 7.50. The van der Waals surface area contributed by atoms with Crippen molar-refractivity contribution in [3.05, 3.63) is 63.2 Å². The van der Waals surface area contributed by atoms with Gasteiger partial charge in [0.25, 0.3) is 5.56 Å². The van der Waals surface area contributed by atoms with Crippen molar-refractivity contribution in [2.24, 2.45) is 0 Å². The summed E-state index contributed by atoms with van der Waals surface area (Å²) in [5.41, 5.74) is 2.32. The van der Waals surface area contributed by atoms with E-state index in [1.165, 1.54) is 0 Å². The van der Waals surface area contributed by atoms with E-state index in [2.05, 4.69) is 10.2 Å². The number of fused-ring (bicyclic) bond motifs is 1. The number of nitrogens with one attached hydrogen (secondary N) is 1. The second kappa shape index (κ2) is 8.53. The molecule has 0 aliphatic carbocycles. The first kappa shape index (κ1) is 19.9. The van der Waals surface area contributed by atoms with Gasteiger partial charge in [-0.05, 0) is 38.1 Å². The van der Waals surface area contributed by atoms with Crippen LogP contribution in [0.4, 0.5) is 0 Å². The maximum Gasteiger partial charge on any atom is 0.266 e. The van der Waals surface area contributed by atoms with Crippen molar-refractivity contribution in [3.8, 4) is 11.4 Å². The molecular weight excluding hydrogens is 388 g/mol. The smallest absolute Gasteiger partial charge is 0.266 e. The molecule has 2 aromatic carbocycles. The third kappa shape index (κ3) is 4.15. The van der Waals surface area contributed by atoms with E-state index < -0.39 is 0 Å².